The summed E-state index contributed by atoms with van der Waals surface area (Å²) in [5, 5.41) is 7.57. The molecule has 0 saturated carbocycles. The van der Waals surface area contributed by atoms with Crippen LogP contribution < -0.4 is 5.32 Å². The average molecular weight is 202 g/mol. The molecule has 3 nitrogen and oxygen atoms in total. The third kappa shape index (κ3) is 3.79. The molecule has 0 aliphatic carbocycles. The summed E-state index contributed by atoms with van der Waals surface area (Å²) in [4.78, 5) is 0. The zero-order valence-corrected chi connectivity index (χ0v) is 8.88. The van der Waals surface area contributed by atoms with Crippen molar-refractivity contribution < 1.29 is 0 Å². The minimum Gasteiger partial charge on any atom is -0.315 e. The SMILES string of the molecule is CC(Cl)CNCCc1ccnn1C. The monoisotopic (exact) mass is 201 g/mol. The van der Waals surface area contributed by atoms with Crippen molar-refractivity contribution in [2.24, 2.45) is 7.05 Å². The Kier molecular flexibility index (Phi) is 4.25. The Balaban J connectivity index is 2.17. The summed E-state index contributed by atoms with van der Waals surface area (Å²) < 4.78 is 1.89. The molecular weight excluding hydrogens is 186 g/mol. The van der Waals surface area contributed by atoms with Crippen LogP contribution in [-0.2, 0) is 13.5 Å². The lowest BCUT2D eigenvalue weighted by atomic mass is 10.3. The zero-order chi connectivity index (χ0) is 9.68. The molecule has 0 aromatic carbocycles. The van der Waals surface area contributed by atoms with E-state index >= 15 is 0 Å². The molecule has 1 aromatic heterocycles. The van der Waals surface area contributed by atoms with Crippen LogP contribution in [-0.4, -0.2) is 28.2 Å². The van der Waals surface area contributed by atoms with Crippen LogP contribution in [0, 0.1) is 0 Å². The number of halogens is 1. The first-order valence-electron chi connectivity index (χ1n) is 4.52. The molecule has 4 heteroatoms. The van der Waals surface area contributed by atoms with E-state index in [-0.39, 0.29) is 5.38 Å². The Morgan fingerprint density at radius 3 is 3.00 bits per heavy atom. The highest BCUT2D eigenvalue weighted by Gasteiger charge is 1.98. The first-order chi connectivity index (χ1) is 6.20. The van der Waals surface area contributed by atoms with Crippen molar-refractivity contribution in [3.8, 4) is 0 Å². The van der Waals surface area contributed by atoms with Gasteiger partial charge in [0.25, 0.3) is 0 Å². The topological polar surface area (TPSA) is 29.9 Å². The number of rotatable bonds is 5. The van der Waals surface area contributed by atoms with Gasteiger partial charge in [0.15, 0.2) is 0 Å². The minimum absolute atomic E-state index is 0.200. The van der Waals surface area contributed by atoms with Crippen molar-refractivity contribution in [1.29, 1.82) is 0 Å². The van der Waals surface area contributed by atoms with Crippen molar-refractivity contribution in [1.82, 2.24) is 15.1 Å². The van der Waals surface area contributed by atoms with Gasteiger partial charge in [-0.3, -0.25) is 4.68 Å². The van der Waals surface area contributed by atoms with Crippen LogP contribution in [0.4, 0.5) is 0 Å². The summed E-state index contributed by atoms with van der Waals surface area (Å²) in [6.07, 6.45) is 2.82. The summed E-state index contributed by atoms with van der Waals surface area (Å²) in [7, 11) is 1.96. The molecule has 1 aromatic rings. The number of aryl methyl sites for hydroxylation is 1. The Labute approximate surface area is 84.1 Å². The Morgan fingerprint density at radius 2 is 2.46 bits per heavy atom. The van der Waals surface area contributed by atoms with Gasteiger partial charge in [0.1, 0.15) is 0 Å². The minimum atomic E-state index is 0.200. The summed E-state index contributed by atoms with van der Waals surface area (Å²) in [6, 6.07) is 2.03. The second-order valence-corrected chi connectivity index (χ2v) is 3.93. The van der Waals surface area contributed by atoms with Gasteiger partial charge in [0.2, 0.25) is 0 Å². The molecule has 1 unspecified atom stereocenters. The number of hydrogen-bond acceptors (Lipinski definition) is 2. The highest BCUT2D eigenvalue weighted by atomic mass is 35.5. The van der Waals surface area contributed by atoms with E-state index in [9.17, 15) is 0 Å². The molecular formula is C9H16ClN3. The van der Waals surface area contributed by atoms with Gasteiger partial charge in [-0.25, -0.2) is 0 Å². The molecule has 74 valence electrons. The molecule has 13 heavy (non-hydrogen) atoms. The van der Waals surface area contributed by atoms with Crippen molar-refractivity contribution in [2.75, 3.05) is 13.1 Å². The highest BCUT2D eigenvalue weighted by molar-refractivity contribution is 6.20. The Morgan fingerprint density at radius 1 is 1.69 bits per heavy atom. The van der Waals surface area contributed by atoms with E-state index in [4.69, 9.17) is 11.6 Å². The number of nitrogens with one attached hydrogen (secondary N) is 1. The predicted octanol–water partition coefficient (Wildman–Crippen LogP) is 1.18. The number of alkyl halides is 1. The van der Waals surface area contributed by atoms with Crippen LogP contribution in [0.5, 0.6) is 0 Å². The first kappa shape index (κ1) is 10.5. The second kappa shape index (κ2) is 5.25. The predicted molar refractivity (Wildman–Crippen MR) is 55.1 cm³/mol. The molecule has 0 radical (unpaired) electrons. The maximum Gasteiger partial charge on any atom is 0.0492 e. The third-order valence-electron chi connectivity index (χ3n) is 1.91. The first-order valence-corrected chi connectivity index (χ1v) is 4.95. The number of aromatic nitrogens is 2. The lowest BCUT2D eigenvalue weighted by Gasteiger charge is -2.05. The van der Waals surface area contributed by atoms with E-state index < -0.39 is 0 Å². The Bertz CT molecular complexity index is 245. The highest BCUT2D eigenvalue weighted by Crippen LogP contribution is 1.96. The van der Waals surface area contributed by atoms with Gasteiger partial charge in [0, 0.05) is 43.8 Å². The molecule has 0 fully saturated rings. The van der Waals surface area contributed by atoms with Gasteiger partial charge in [0.05, 0.1) is 0 Å². The molecule has 1 rings (SSSR count). The molecule has 0 aliphatic heterocycles. The molecule has 1 heterocycles. The van der Waals surface area contributed by atoms with E-state index in [0.29, 0.717) is 0 Å². The lowest BCUT2D eigenvalue weighted by Crippen LogP contribution is -2.24. The fraction of sp³-hybridized carbons (Fsp3) is 0.667. The van der Waals surface area contributed by atoms with E-state index in [1.54, 1.807) is 0 Å². The normalized spacial score (nSPS) is 13.2. The average Bonchev–Trinajstić information content (AvgIpc) is 2.45. The van der Waals surface area contributed by atoms with E-state index in [1.807, 2.05) is 30.9 Å². The van der Waals surface area contributed by atoms with Crippen molar-refractivity contribution in [3.63, 3.8) is 0 Å². The maximum atomic E-state index is 5.79. The maximum absolute atomic E-state index is 5.79. The molecule has 0 spiro atoms. The zero-order valence-electron chi connectivity index (χ0n) is 8.13. The van der Waals surface area contributed by atoms with Crippen LogP contribution in [0.3, 0.4) is 0 Å². The summed E-state index contributed by atoms with van der Waals surface area (Å²) in [6.45, 7) is 3.80. The van der Waals surface area contributed by atoms with E-state index in [2.05, 4.69) is 10.4 Å². The third-order valence-corrected chi connectivity index (χ3v) is 2.06. The quantitative estimate of drug-likeness (QED) is 0.573. The van der Waals surface area contributed by atoms with Crippen molar-refractivity contribution >= 4 is 11.6 Å². The smallest absolute Gasteiger partial charge is 0.0492 e. The molecule has 0 saturated heterocycles. The van der Waals surface area contributed by atoms with Gasteiger partial charge in [-0.05, 0) is 13.0 Å². The summed E-state index contributed by atoms with van der Waals surface area (Å²) >= 11 is 5.79. The van der Waals surface area contributed by atoms with E-state index in [1.165, 1.54) is 5.69 Å². The standard InChI is InChI=1S/C9H16ClN3/c1-8(10)7-11-5-3-9-4-6-12-13(9)2/h4,6,8,11H,3,5,7H2,1-2H3. The number of nitrogens with zero attached hydrogens (tertiary/aromatic N) is 2. The van der Waals surface area contributed by atoms with Crippen molar-refractivity contribution in [3.05, 3.63) is 18.0 Å². The Hall–Kier alpha value is -0.540. The molecule has 0 aliphatic rings. The van der Waals surface area contributed by atoms with Crippen LogP contribution in [0.1, 0.15) is 12.6 Å². The fourth-order valence-corrected chi connectivity index (χ4v) is 1.27. The van der Waals surface area contributed by atoms with Gasteiger partial charge >= 0.3 is 0 Å². The van der Waals surface area contributed by atoms with Gasteiger partial charge in [-0.1, -0.05) is 0 Å². The molecule has 1 atom stereocenters. The summed E-state index contributed by atoms with van der Waals surface area (Å²) in [5.74, 6) is 0. The van der Waals surface area contributed by atoms with Crippen LogP contribution in [0.25, 0.3) is 0 Å². The largest absolute Gasteiger partial charge is 0.315 e. The van der Waals surface area contributed by atoms with Gasteiger partial charge in [-0.15, -0.1) is 11.6 Å². The number of hydrogen-bond donors (Lipinski definition) is 1. The van der Waals surface area contributed by atoms with Crippen LogP contribution in [0.2, 0.25) is 0 Å². The van der Waals surface area contributed by atoms with Gasteiger partial charge < -0.3 is 5.32 Å². The molecule has 1 N–H and O–H groups in total. The van der Waals surface area contributed by atoms with Gasteiger partial charge in [-0.2, -0.15) is 5.10 Å². The van der Waals surface area contributed by atoms with Crippen molar-refractivity contribution in [2.45, 2.75) is 18.7 Å². The summed E-state index contributed by atoms with van der Waals surface area (Å²) in [5.41, 5.74) is 1.25. The molecule has 0 amide bonds. The molecule has 0 bridgehead atoms. The van der Waals surface area contributed by atoms with Crippen LogP contribution in [0.15, 0.2) is 12.3 Å². The fourth-order valence-electron chi connectivity index (χ4n) is 1.16. The lowest BCUT2D eigenvalue weighted by molar-refractivity contribution is 0.639. The van der Waals surface area contributed by atoms with Crippen LogP contribution >= 0.6 is 11.6 Å². The van der Waals surface area contributed by atoms with E-state index in [0.717, 1.165) is 19.5 Å². The second-order valence-electron chi connectivity index (χ2n) is 3.18.